The molecule has 11 heavy (non-hydrogen) atoms. The van der Waals surface area contributed by atoms with Gasteiger partial charge in [-0.1, -0.05) is 13.3 Å². The first-order chi connectivity index (χ1) is 5.36. The summed E-state index contributed by atoms with van der Waals surface area (Å²) in [7, 11) is 0. The van der Waals surface area contributed by atoms with E-state index in [0.717, 1.165) is 19.5 Å². The lowest BCUT2D eigenvalue weighted by atomic mass is 10.3. The maximum absolute atomic E-state index is 10.3. The van der Waals surface area contributed by atoms with E-state index in [1.165, 1.54) is 12.8 Å². The molecule has 0 radical (unpaired) electrons. The fourth-order valence-electron chi connectivity index (χ4n) is 1.06. The Bertz CT molecular complexity index is 165. The van der Waals surface area contributed by atoms with Gasteiger partial charge in [-0.2, -0.15) is 0 Å². The van der Waals surface area contributed by atoms with E-state index in [-0.39, 0.29) is 0 Å². The van der Waals surface area contributed by atoms with Gasteiger partial charge in [0.15, 0.2) is 6.29 Å². The zero-order valence-electron chi connectivity index (χ0n) is 6.84. The highest BCUT2D eigenvalue weighted by atomic mass is 16.1. The number of nitrogens with zero attached hydrogens (tertiary/aromatic N) is 1. The average molecular weight is 154 g/mol. The predicted molar refractivity (Wildman–Crippen MR) is 43.8 cm³/mol. The van der Waals surface area contributed by atoms with Gasteiger partial charge in [-0.3, -0.25) is 4.79 Å². The third-order valence-electron chi connectivity index (χ3n) is 1.73. The monoisotopic (exact) mass is 154 g/mol. The first-order valence-corrected chi connectivity index (χ1v) is 4.01. The molecular weight excluding hydrogens is 140 g/mol. The summed E-state index contributed by atoms with van der Waals surface area (Å²) in [4.78, 5) is 12.4. The van der Waals surface area contributed by atoms with E-state index >= 15 is 0 Å². The Morgan fingerprint density at radius 2 is 2.64 bits per heavy atom. The number of rotatable bonds is 4. The molecule has 0 atom stereocenters. The van der Waals surface area contributed by atoms with Crippen LogP contribution in [0.15, 0.2) is 11.9 Å². The largest absolute Gasteiger partial charge is 0.364 e. The van der Waals surface area contributed by atoms with Gasteiger partial charge in [-0.25, -0.2) is 0 Å². The van der Waals surface area contributed by atoms with Crippen LogP contribution in [0.4, 0.5) is 0 Å². The number of carbonyl (C=O) groups is 1. The molecule has 0 saturated carbocycles. The maximum atomic E-state index is 10.3. The van der Waals surface area contributed by atoms with E-state index in [2.05, 4.69) is 17.1 Å². The second-order valence-electron chi connectivity index (χ2n) is 2.70. The molecule has 3 nitrogen and oxygen atoms in total. The van der Waals surface area contributed by atoms with E-state index < -0.39 is 0 Å². The summed E-state index contributed by atoms with van der Waals surface area (Å²) < 4.78 is 0. The molecule has 0 aromatic carbocycles. The van der Waals surface area contributed by atoms with Gasteiger partial charge in [0, 0.05) is 12.7 Å². The quantitative estimate of drug-likeness (QED) is 0.605. The lowest BCUT2D eigenvalue weighted by Crippen LogP contribution is -2.22. The van der Waals surface area contributed by atoms with Crippen molar-refractivity contribution in [3.8, 4) is 0 Å². The van der Waals surface area contributed by atoms with Crippen LogP contribution in [0.5, 0.6) is 0 Å². The number of aldehydes is 1. The maximum Gasteiger partial charge on any atom is 0.167 e. The van der Waals surface area contributed by atoms with Crippen LogP contribution in [0.2, 0.25) is 0 Å². The zero-order valence-corrected chi connectivity index (χ0v) is 6.84. The molecule has 1 aliphatic heterocycles. The predicted octanol–water partition coefficient (Wildman–Crippen LogP) is 0.690. The van der Waals surface area contributed by atoms with Gasteiger partial charge in [0.1, 0.15) is 0 Å². The molecule has 0 unspecified atom stereocenters. The van der Waals surface area contributed by atoms with Gasteiger partial charge in [-0.15, -0.1) is 0 Å². The Kier molecular flexibility index (Phi) is 2.95. The molecule has 0 bridgehead atoms. The summed E-state index contributed by atoms with van der Waals surface area (Å²) in [6.07, 6.45) is 5.11. The number of allylic oxidation sites excluding steroid dienone is 1. The summed E-state index contributed by atoms with van der Waals surface area (Å²) in [6, 6.07) is 0. The molecule has 62 valence electrons. The van der Waals surface area contributed by atoms with Crippen molar-refractivity contribution < 1.29 is 4.79 Å². The first-order valence-electron chi connectivity index (χ1n) is 4.01. The molecule has 1 heterocycles. The van der Waals surface area contributed by atoms with Gasteiger partial charge in [0.25, 0.3) is 0 Å². The number of carbonyl (C=O) groups excluding carboxylic acids is 1. The van der Waals surface area contributed by atoms with Crippen LogP contribution < -0.4 is 5.32 Å². The Labute approximate surface area is 67.1 Å². The molecule has 0 aromatic heterocycles. The molecular formula is C8H14N2O. The smallest absolute Gasteiger partial charge is 0.167 e. The lowest BCUT2D eigenvalue weighted by molar-refractivity contribution is -0.105. The van der Waals surface area contributed by atoms with Crippen molar-refractivity contribution in [1.82, 2.24) is 10.2 Å². The number of hydrogen-bond donors (Lipinski definition) is 1. The van der Waals surface area contributed by atoms with Gasteiger partial charge < -0.3 is 10.2 Å². The van der Waals surface area contributed by atoms with Crippen LogP contribution in [0, 0.1) is 0 Å². The molecule has 3 heteroatoms. The number of nitrogens with one attached hydrogen (secondary N) is 1. The van der Waals surface area contributed by atoms with Crippen LogP contribution in [0.3, 0.4) is 0 Å². The van der Waals surface area contributed by atoms with Gasteiger partial charge >= 0.3 is 0 Å². The second-order valence-corrected chi connectivity index (χ2v) is 2.70. The van der Waals surface area contributed by atoms with E-state index in [4.69, 9.17) is 0 Å². The Hall–Kier alpha value is -0.990. The van der Waals surface area contributed by atoms with E-state index in [1.54, 1.807) is 0 Å². The first kappa shape index (κ1) is 8.11. The van der Waals surface area contributed by atoms with Gasteiger partial charge in [-0.05, 0) is 6.42 Å². The Morgan fingerprint density at radius 3 is 3.18 bits per heavy atom. The highest BCUT2D eigenvalue weighted by molar-refractivity contribution is 5.72. The molecule has 0 saturated heterocycles. The zero-order chi connectivity index (χ0) is 8.10. The average Bonchev–Trinajstić information content (AvgIpc) is 2.48. The highest BCUT2D eigenvalue weighted by Crippen LogP contribution is 2.02. The van der Waals surface area contributed by atoms with Crippen LogP contribution in [0.25, 0.3) is 0 Å². The van der Waals surface area contributed by atoms with Gasteiger partial charge in [0.2, 0.25) is 0 Å². The molecule has 1 rings (SSSR count). The topological polar surface area (TPSA) is 32.3 Å². The summed E-state index contributed by atoms with van der Waals surface area (Å²) in [5, 5.41) is 2.98. The van der Waals surface area contributed by atoms with Crippen LogP contribution >= 0.6 is 0 Å². The fourth-order valence-corrected chi connectivity index (χ4v) is 1.06. The molecule has 0 spiro atoms. The molecule has 0 aromatic rings. The highest BCUT2D eigenvalue weighted by Gasteiger charge is 2.08. The van der Waals surface area contributed by atoms with Crippen molar-refractivity contribution >= 4 is 6.29 Å². The van der Waals surface area contributed by atoms with Crippen molar-refractivity contribution in [2.45, 2.75) is 19.8 Å². The fraction of sp³-hybridized carbons (Fsp3) is 0.625. The third kappa shape index (κ3) is 2.26. The molecule has 1 aliphatic rings. The van der Waals surface area contributed by atoms with Crippen LogP contribution in [-0.4, -0.2) is 24.4 Å². The standard InChI is InChI=1S/C8H14N2O/c1-2-3-4-10-5-8(6-11)9-7-10/h5-6,9H,2-4,7H2,1H3. The van der Waals surface area contributed by atoms with Crippen molar-refractivity contribution in [3.63, 3.8) is 0 Å². The molecule has 0 fully saturated rings. The minimum absolute atomic E-state index is 0.695. The summed E-state index contributed by atoms with van der Waals surface area (Å²) in [6.45, 7) is 3.99. The SMILES string of the molecule is CCCCN1C=C(C=O)NC1. The molecule has 0 aliphatic carbocycles. The molecule has 0 amide bonds. The van der Waals surface area contributed by atoms with E-state index in [1.807, 2.05) is 6.20 Å². The molecule has 1 N–H and O–H groups in total. The number of hydrogen-bond acceptors (Lipinski definition) is 3. The summed E-state index contributed by atoms with van der Waals surface area (Å²) >= 11 is 0. The minimum Gasteiger partial charge on any atom is -0.364 e. The van der Waals surface area contributed by atoms with Crippen molar-refractivity contribution in [3.05, 3.63) is 11.9 Å². The summed E-state index contributed by atoms with van der Waals surface area (Å²) in [5.74, 6) is 0. The second kappa shape index (κ2) is 4.01. The van der Waals surface area contributed by atoms with Crippen LogP contribution in [-0.2, 0) is 4.79 Å². The van der Waals surface area contributed by atoms with E-state index in [0.29, 0.717) is 5.70 Å². The normalized spacial score (nSPS) is 16.1. The van der Waals surface area contributed by atoms with Crippen molar-refractivity contribution in [2.24, 2.45) is 0 Å². The third-order valence-corrected chi connectivity index (χ3v) is 1.73. The Morgan fingerprint density at radius 1 is 1.82 bits per heavy atom. The van der Waals surface area contributed by atoms with Crippen molar-refractivity contribution in [2.75, 3.05) is 13.2 Å². The lowest BCUT2D eigenvalue weighted by Gasteiger charge is -2.12. The van der Waals surface area contributed by atoms with E-state index in [9.17, 15) is 4.79 Å². The summed E-state index contributed by atoms with van der Waals surface area (Å²) in [5.41, 5.74) is 0.695. The van der Waals surface area contributed by atoms with Crippen molar-refractivity contribution in [1.29, 1.82) is 0 Å². The number of unbranched alkanes of at least 4 members (excludes halogenated alkanes) is 1. The van der Waals surface area contributed by atoms with Crippen LogP contribution in [0.1, 0.15) is 19.8 Å². The minimum atomic E-state index is 0.695. The Balaban J connectivity index is 2.28. The van der Waals surface area contributed by atoms with Gasteiger partial charge in [0.05, 0.1) is 12.4 Å².